The molecule has 1 N–H and O–H groups in total. The van der Waals surface area contributed by atoms with Crippen molar-refractivity contribution in [3.63, 3.8) is 0 Å². The number of nitrogens with zero attached hydrogens (tertiary/aromatic N) is 3. The number of para-hydroxylation sites is 1. The number of fused-ring (bicyclic) bond motifs is 1. The molecule has 0 bridgehead atoms. The van der Waals surface area contributed by atoms with E-state index < -0.39 is 10.0 Å². The second-order valence-corrected chi connectivity index (χ2v) is 6.56. The van der Waals surface area contributed by atoms with Crippen molar-refractivity contribution in [2.24, 2.45) is 0 Å². The molecule has 2 heterocycles. The third kappa shape index (κ3) is 2.98. The highest BCUT2D eigenvalue weighted by Crippen LogP contribution is 2.23. The minimum Gasteiger partial charge on any atom is -0.276 e. The van der Waals surface area contributed by atoms with E-state index >= 15 is 0 Å². The number of pyridine rings is 2. The van der Waals surface area contributed by atoms with Gasteiger partial charge in [-0.1, -0.05) is 18.2 Å². The lowest BCUT2D eigenvalue weighted by molar-refractivity contribution is 0.597. The van der Waals surface area contributed by atoms with Crippen molar-refractivity contribution in [3.05, 3.63) is 59.9 Å². The molecule has 0 aliphatic heterocycles. The van der Waals surface area contributed by atoms with Gasteiger partial charge in [-0.15, -0.1) is 0 Å². The van der Waals surface area contributed by atoms with E-state index in [1.165, 1.54) is 12.1 Å². The predicted octanol–water partition coefficient (Wildman–Crippen LogP) is 2.61. The average molecular weight is 324 g/mol. The highest BCUT2D eigenvalue weighted by Gasteiger charge is 2.18. The van der Waals surface area contributed by atoms with Gasteiger partial charge in [-0.3, -0.25) is 9.71 Å². The van der Waals surface area contributed by atoms with Crippen LogP contribution in [0.2, 0.25) is 0 Å². The molecular weight excluding hydrogens is 312 g/mol. The van der Waals surface area contributed by atoms with Gasteiger partial charge in [-0.2, -0.15) is 13.7 Å². The van der Waals surface area contributed by atoms with E-state index in [0.717, 1.165) is 5.39 Å². The Labute approximate surface area is 133 Å². The van der Waals surface area contributed by atoms with Gasteiger partial charge in [0.2, 0.25) is 0 Å². The summed E-state index contributed by atoms with van der Waals surface area (Å²) < 4.78 is 27.6. The van der Waals surface area contributed by atoms with Crippen LogP contribution in [0.25, 0.3) is 10.9 Å². The molecular formula is C16H12N4O2S. The lowest BCUT2D eigenvalue weighted by Gasteiger charge is -2.10. The smallest absolute Gasteiger partial charge is 0.276 e. The topological polar surface area (TPSA) is 95.7 Å². The standard InChI is InChI=1S/C16H12N4O2S/c1-11-8-12(10-17)9-15(19-11)23(21,22)20-14-6-2-4-13-5-3-7-18-16(13)14/h2-9,20H,1H3. The maximum atomic E-state index is 12.6. The third-order valence-electron chi connectivity index (χ3n) is 3.21. The first-order valence-corrected chi connectivity index (χ1v) is 8.23. The van der Waals surface area contributed by atoms with E-state index in [-0.39, 0.29) is 10.6 Å². The molecule has 0 saturated heterocycles. The lowest BCUT2D eigenvalue weighted by atomic mass is 10.2. The van der Waals surface area contributed by atoms with Crippen LogP contribution in [-0.4, -0.2) is 18.4 Å². The van der Waals surface area contributed by atoms with Gasteiger partial charge in [0.15, 0.2) is 5.03 Å². The number of hydrogen-bond acceptors (Lipinski definition) is 5. The lowest BCUT2D eigenvalue weighted by Crippen LogP contribution is -2.15. The summed E-state index contributed by atoms with van der Waals surface area (Å²) in [6.45, 7) is 1.64. The fourth-order valence-electron chi connectivity index (χ4n) is 2.22. The maximum Gasteiger partial charge on any atom is 0.279 e. The fourth-order valence-corrected chi connectivity index (χ4v) is 3.33. The molecule has 3 aromatic rings. The first-order chi connectivity index (χ1) is 11.0. The van der Waals surface area contributed by atoms with Crippen LogP contribution in [0.15, 0.2) is 53.7 Å². The van der Waals surface area contributed by atoms with E-state index in [9.17, 15) is 8.42 Å². The Bertz CT molecular complexity index is 1030. The Morgan fingerprint density at radius 1 is 1.17 bits per heavy atom. The fraction of sp³-hybridized carbons (Fsp3) is 0.0625. The molecule has 114 valence electrons. The van der Waals surface area contributed by atoms with Crippen molar-refractivity contribution in [1.29, 1.82) is 5.26 Å². The van der Waals surface area contributed by atoms with Crippen molar-refractivity contribution in [2.75, 3.05) is 4.72 Å². The normalized spacial score (nSPS) is 11.1. The molecule has 23 heavy (non-hydrogen) atoms. The number of nitrogens with one attached hydrogen (secondary N) is 1. The van der Waals surface area contributed by atoms with Crippen LogP contribution in [0.4, 0.5) is 5.69 Å². The average Bonchev–Trinajstić information content (AvgIpc) is 2.54. The zero-order valence-corrected chi connectivity index (χ0v) is 13.0. The van der Waals surface area contributed by atoms with E-state index in [0.29, 0.717) is 16.9 Å². The van der Waals surface area contributed by atoms with Gasteiger partial charge in [0.25, 0.3) is 10.0 Å². The predicted molar refractivity (Wildman–Crippen MR) is 86.2 cm³/mol. The summed E-state index contributed by atoms with van der Waals surface area (Å²) in [4.78, 5) is 8.22. The van der Waals surface area contributed by atoms with Crippen molar-refractivity contribution in [3.8, 4) is 6.07 Å². The Balaban J connectivity index is 2.08. The van der Waals surface area contributed by atoms with E-state index in [4.69, 9.17) is 5.26 Å². The third-order valence-corrected chi connectivity index (χ3v) is 4.46. The Morgan fingerprint density at radius 2 is 1.96 bits per heavy atom. The van der Waals surface area contributed by atoms with Crippen molar-refractivity contribution in [2.45, 2.75) is 11.9 Å². The molecule has 7 heteroatoms. The van der Waals surface area contributed by atoms with Gasteiger partial charge in [-0.25, -0.2) is 4.98 Å². The van der Waals surface area contributed by atoms with Crippen LogP contribution in [0, 0.1) is 18.3 Å². The summed E-state index contributed by atoms with van der Waals surface area (Å²) in [6, 6.07) is 13.5. The summed E-state index contributed by atoms with van der Waals surface area (Å²) in [6.07, 6.45) is 1.60. The van der Waals surface area contributed by atoms with Crippen molar-refractivity contribution < 1.29 is 8.42 Å². The number of aryl methyl sites for hydroxylation is 1. The minimum atomic E-state index is -3.91. The second kappa shape index (κ2) is 5.66. The largest absolute Gasteiger partial charge is 0.279 e. The number of sulfonamides is 1. The van der Waals surface area contributed by atoms with Gasteiger partial charge in [0, 0.05) is 17.3 Å². The van der Waals surface area contributed by atoms with Gasteiger partial charge in [0.1, 0.15) is 0 Å². The molecule has 1 aromatic carbocycles. The highest BCUT2D eigenvalue weighted by atomic mass is 32.2. The minimum absolute atomic E-state index is 0.193. The van der Waals surface area contributed by atoms with Crippen molar-refractivity contribution in [1.82, 2.24) is 9.97 Å². The molecule has 0 amide bonds. The zero-order chi connectivity index (χ0) is 16.4. The molecule has 0 aliphatic rings. The van der Waals surface area contributed by atoms with Gasteiger partial charge in [0.05, 0.1) is 22.8 Å². The van der Waals surface area contributed by atoms with Crippen LogP contribution in [0.5, 0.6) is 0 Å². The Hall–Kier alpha value is -2.98. The quantitative estimate of drug-likeness (QED) is 0.799. The van der Waals surface area contributed by atoms with Crippen LogP contribution in [-0.2, 0) is 10.0 Å². The number of benzene rings is 1. The molecule has 0 saturated carbocycles. The summed E-state index contributed by atoms with van der Waals surface area (Å²) in [7, 11) is -3.91. The number of aromatic nitrogens is 2. The molecule has 0 aliphatic carbocycles. The summed E-state index contributed by atoms with van der Waals surface area (Å²) >= 11 is 0. The molecule has 0 spiro atoms. The first kappa shape index (κ1) is 14.9. The summed E-state index contributed by atoms with van der Waals surface area (Å²) in [5.74, 6) is 0. The van der Waals surface area contributed by atoms with E-state index in [1.807, 2.05) is 18.2 Å². The Kier molecular flexibility index (Phi) is 3.68. The van der Waals surface area contributed by atoms with Crippen LogP contribution in [0.1, 0.15) is 11.3 Å². The van der Waals surface area contributed by atoms with Crippen molar-refractivity contribution >= 4 is 26.6 Å². The van der Waals surface area contributed by atoms with Crippen LogP contribution >= 0.6 is 0 Å². The molecule has 3 rings (SSSR count). The molecule has 0 atom stereocenters. The molecule has 2 aromatic heterocycles. The number of hydrogen-bond donors (Lipinski definition) is 1. The summed E-state index contributed by atoms with van der Waals surface area (Å²) in [5.41, 5.74) is 1.62. The van der Waals surface area contributed by atoms with E-state index in [1.54, 1.807) is 31.3 Å². The monoisotopic (exact) mass is 324 g/mol. The van der Waals surface area contributed by atoms with Crippen LogP contribution in [0.3, 0.4) is 0 Å². The number of anilines is 1. The first-order valence-electron chi connectivity index (χ1n) is 6.75. The molecule has 0 unspecified atom stereocenters. The highest BCUT2D eigenvalue weighted by molar-refractivity contribution is 7.92. The van der Waals surface area contributed by atoms with Crippen LogP contribution < -0.4 is 4.72 Å². The second-order valence-electron chi connectivity index (χ2n) is 4.93. The SMILES string of the molecule is Cc1cc(C#N)cc(S(=O)(=O)Nc2cccc3cccnc23)n1. The summed E-state index contributed by atoms with van der Waals surface area (Å²) in [5, 5.41) is 9.61. The van der Waals surface area contributed by atoms with E-state index in [2.05, 4.69) is 14.7 Å². The number of nitriles is 1. The zero-order valence-electron chi connectivity index (χ0n) is 12.2. The van der Waals surface area contributed by atoms with Gasteiger partial charge >= 0.3 is 0 Å². The molecule has 6 nitrogen and oxygen atoms in total. The van der Waals surface area contributed by atoms with Gasteiger partial charge in [-0.05, 0) is 31.2 Å². The molecule has 0 fully saturated rings. The maximum absolute atomic E-state index is 12.6. The van der Waals surface area contributed by atoms with Gasteiger partial charge < -0.3 is 0 Å². The Morgan fingerprint density at radius 3 is 2.74 bits per heavy atom. The number of rotatable bonds is 3. The molecule has 0 radical (unpaired) electrons.